The standard InChI is InChI=1S/C28H23O6/c1-16-15-32-23-13-20(26-24(29-2)17-9-5-7-11-21(17)33-26)28(31-4,14-19(16)23)27-25(30-3)18-10-6-8-12-22(18)34-27/h5-13H,14H2,1-4H3. The highest BCUT2D eigenvalue weighted by atomic mass is 16.5. The van der Waals surface area contributed by atoms with Crippen LogP contribution in [0.1, 0.15) is 28.4 Å². The molecule has 0 N–H and O–H groups in total. The molecule has 0 saturated heterocycles. The van der Waals surface area contributed by atoms with Gasteiger partial charge in [-0.3, -0.25) is 0 Å². The zero-order valence-electron chi connectivity index (χ0n) is 19.4. The fourth-order valence-corrected chi connectivity index (χ4v) is 4.99. The highest BCUT2D eigenvalue weighted by Gasteiger charge is 2.49. The number of fused-ring (bicyclic) bond motifs is 3. The van der Waals surface area contributed by atoms with Gasteiger partial charge >= 0.3 is 0 Å². The molecule has 0 fully saturated rings. The van der Waals surface area contributed by atoms with E-state index in [9.17, 15) is 0 Å². The van der Waals surface area contributed by atoms with E-state index in [2.05, 4.69) is 6.26 Å². The van der Waals surface area contributed by atoms with Crippen LogP contribution in [0.3, 0.4) is 0 Å². The molecule has 6 rings (SSSR count). The molecular weight excluding hydrogens is 432 g/mol. The second-order valence-electron chi connectivity index (χ2n) is 8.36. The van der Waals surface area contributed by atoms with E-state index in [1.54, 1.807) is 21.3 Å². The van der Waals surface area contributed by atoms with Crippen LogP contribution in [0.5, 0.6) is 11.5 Å². The Labute approximate surface area is 196 Å². The summed E-state index contributed by atoms with van der Waals surface area (Å²) in [4.78, 5) is 0. The molecule has 5 aromatic rings. The molecule has 1 unspecified atom stereocenters. The van der Waals surface area contributed by atoms with Crippen LogP contribution in [0.2, 0.25) is 0 Å². The van der Waals surface area contributed by atoms with E-state index in [4.69, 9.17) is 27.5 Å². The molecule has 34 heavy (non-hydrogen) atoms. The Morgan fingerprint density at radius 3 is 2.18 bits per heavy atom. The van der Waals surface area contributed by atoms with Gasteiger partial charge in [0, 0.05) is 30.2 Å². The predicted molar refractivity (Wildman–Crippen MR) is 128 cm³/mol. The van der Waals surface area contributed by atoms with Gasteiger partial charge in [0.2, 0.25) is 0 Å². The van der Waals surface area contributed by atoms with Crippen molar-refractivity contribution >= 4 is 33.6 Å². The molecule has 6 nitrogen and oxygen atoms in total. The fourth-order valence-electron chi connectivity index (χ4n) is 4.99. The van der Waals surface area contributed by atoms with Crippen LogP contribution in [0, 0.1) is 13.2 Å². The Bertz CT molecular complexity index is 1560. The van der Waals surface area contributed by atoms with Crippen molar-refractivity contribution in [3.63, 3.8) is 0 Å². The normalized spacial score (nSPS) is 17.7. The van der Waals surface area contributed by atoms with Crippen LogP contribution in [0.15, 0.2) is 61.8 Å². The average Bonchev–Trinajstić information content (AvgIpc) is 3.55. The van der Waals surface area contributed by atoms with Gasteiger partial charge in [0.1, 0.15) is 16.9 Å². The Balaban J connectivity index is 1.70. The fraction of sp³-hybridized carbons (Fsp3) is 0.214. The number of benzene rings is 2. The molecule has 0 aliphatic heterocycles. The van der Waals surface area contributed by atoms with Crippen molar-refractivity contribution in [2.45, 2.75) is 18.9 Å². The molecule has 3 heterocycles. The van der Waals surface area contributed by atoms with Crippen molar-refractivity contribution in [1.82, 2.24) is 0 Å². The summed E-state index contributed by atoms with van der Waals surface area (Å²) in [6, 6.07) is 15.5. The van der Waals surface area contributed by atoms with Crippen LogP contribution in [0.4, 0.5) is 0 Å². The number of rotatable bonds is 5. The Morgan fingerprint density at radius 1 is 0.853 bits per heavy atom. The first-order chi connectivity index (χ1) is 16.6. The van der Waals surface area contributed by atoms with Crippen LogP contribution in [-0.2, 0) is 16.8 Å². The van der Waals surface area contributed by atoms with Crippen molar-refractivity contribution in [1.29, 1.82) is 0 Å². The van der Waals surface area contributed by atoms with E-state index in [1.807, 2.05) is 61.5 Å². The lowest BCUT2D eigenvalue weighted by molar-refractivity contribution is 0.0171. The SMILES string of the molecule is COc1c(C2=Cc3o[c]c(C)c3CC2(OC)c2oc3ccccc3c2OC)oc2ccccc12. The van der Waals surface area contributed by atoms with Gasteiger partial charge in [-0.2, -0.15) is 0 Å². The molecule has 1 atom stereocenters. The number of para-hydroxylation sites is 2. The minimum Gasteiger partial charge on any atom is -0.492 e. The topological polar surface area (TPSA) is 67.1 Å². The largest absolute Gasteiger partial charge is 0.492 e. The van der Waals surface area contributed by atoms with Crippen LogP contribution in [0.25, 0.3) is 33.6 Å². The molecule has 0 spiro atoms. The second kappa shape index (κ2) is 7.57. The van der Waals surface area contributed by atoms with Crippen LogP contribution < -0.4 is 9.47 Å². The Kier molecular flexibility index (Phi) is 4.61. The Morgan fingerprint density at radius 2 is 1.50 bits per heavy atom. The molecule has 1 aliphatic carbocycles. The van der Waals surface area contributed by atoms with E-state index in [-0.39, 0.29) is 0 Å². The van der Waals surface area contributed by atoms with E-state index < -0.39 is 5.60 Å². The van der Waals surface area contributed by atoms with Gasteiger partial charge in [-0.05, 0) is 37.3 Å². The molecule has 3 aromatic heterocycles. The monoisotopic (exact) mass is 455 g/mol. The summed E-state index contributed by atoms with van der Waals surface area (Å²) in [5.74, 6) is 3.05. The van der Waals surface area contributed by atoms with Gasteiger partial charge in [-0.25, -0.2) is 0 Å². The molecular formula is C28H23O6. The number of hydrogen-bond acceptors (Lipinski definition) is 6. The lowest BCUT2D eigenvalue weighted by Crippen LogP contribution is -2.35. The number of ether oxygens (including phenoxy) is 3. The lowest BCUT2D eigenvalue weighted by atomic mass is 9.77. The van der Waals surface area contributed by atoms with Gasteiger partial charge in [0.15, 0.2) is 34.9 Å². The molecule has 1 aliphatic rings. The third-order valence-electron chi connectivity index (χ3n) is 6.67. The summed E-state index contributed by atoms with van der Waals surface area (Å²) in [6.07, 6.45) is 5.35. The van der Waals surface area contributed by atoms with E-state index in [1.165, 1.54) is 0 Å². The van der Waals surface area contributed by atoms with E-state index in [0.29, 0.717) is 46.4 Å². The third kappa shape index (κ3) is 2.72. The summed E-state index contributed by atoms with van der Waals surface area (Å²) in [5.41, 5.74) is 2.98. The number of hydrogen-bond donors (Lipinski definition) is 0. The number of aryl methyl sites for hydroxylation is 1. The number of furan rings is 3. The lowest BCUT2D eigenvalue weighted by Gasteiger charge is -2.35. The van der Waals surface area contributed by atoms with E-state index >= 15 is 0 Å². The second-order valence-corrected chi connectivity index (χ2v) is 8.36. The highest BCUT2D eigenvalue weighted by molar-refractivity contribution is 5.97. The summed E-state index contributed by atoms with van der Waals surface area (Å²) >= 11 is 0. The molecule has 0 amide bonds. The van der Waals surface area contributed by atoms with E-state index in [0.717, 1.165) is 27.5 Å². The number of methoxy groups -OCH3 is 3. The maximum absolute atomic E-state index is 6.44. The quantitative estimate of drug-likeness (QED) is 0.300. The molecule has 0 saturated carbocycles. The molecule has 6 heteroatoms. The summed E-state index contributed by atoms with van der Waals surface area (Å²) in [6.45, 7) is 1.97. The summed E-state index contributed by atoms with van der Waals surface area (Å²) in [5, 5.41) is 1.74. The third-order valence-corrected chi connectivity index (χ3v) is 6.67. The highest BCUT2D eigenvalue weighted by Crippen LogP contribution is 2.55. The van der Waals surface area contributed by atoms with Crippen molar-refractivity contribution in [2.75, 3.05) is 21.3 Å². The van der Waals surface area contributed by atoms with Gasteiger partial charge in [0.25, 0.3) is 0 Å². The van der Waals surface area contributed by atoms with Gasteiger partial charge in [-0.1, -0.05) is 24.3 Å². The first-order valence-electron chi connectivity index (χ1n) is 11.0. The van der Waals surface area contributed by atoms with Crippen LogP contribution in [-0.4, -0.2) is 21.3 Å². The van der Waals surface area contributed by atoms with Crippen LogP contribution >= 0.6 is 0 Å². The molecule has 0 bridgehead atoms. The Hall–Kier alpha value is -3.90. The molecule has 2 aromatic carbocycles. The van der Waals surface area contributed by atoms with Crippen molar-refractivity contribution in [2.24, 2.45) is 0 Å². The van der Waals surface area contributed by atoms with Gasteiger partial charge in [0.05, 0.1) is 25.0 Å². The first kappa shape index (κ1) is 20.7. The predicted octanol–water partition coefficient (Wildman–Crippen LogP) is 6.54. The maximum Gasteiger partial charge on any atom is 0.183 e. The zero-order chi connectivity index (χ0) is 23.4. The maximum atomic E-state index is 6.44. The minimum atomic E-state index is -1.07. The van der Waals surface area contributed by atoms with Gasteiger partial charge in [-0.15, -0.1) is 0 Å². The van der Waals surface area contributed by atoms with Crippen molar-refractivity contribution < 1.29 is 27.5 Å². The smallest absolute Gasteiger partial charge is 0.183 e. The van der Waals surface area contributed by atoms with Gasteiger partial charge < -0.3 is 27.5 Å². The molecule has 1 radical (unpaired) electrons. The first-order valence-corrected chi connectivity index (χ1v) is 11.0. The summed E-state index contributed by atoms with van der Waals surface area (Å²) < 4.78 is 36.7. The zero-order valence-corrected chi connectivity index (χ0v) is 19.4. The molecule has 171 valence electrons. The van der Waals surface area contributed by atoms with Crippen molar-refractivity contribution in [3.05, 3.63) is 83.2 Å². The van der Waals surface area contributed by atoms with Crippen molar-refractivity contribution in [3.8, 4) is 11.5 Å². The summed E-state index contributed by atoms with van der Waals surface area (Å²) in [7, 11) is 4.94. The minimum absolute atomic E-state index is 0.444. The average molecular weight is 455 g/mol.